The fraction of sp³-hybridized carbons (Fsp3) is 0.286. The molecule has 4 nitrogen and oxygen atoms in total. The van der Waals surface area contributed by atoms with E-state index in [1.807, 2.05) is 32.0 Å². The van der Waals surface area contributed by atoms with Gasteiger partial charge in [0.1, 0.15) is 4.90 Å². The highest BCUT2D eigenvalue weighted by Crippen LogP contribution is 2.28. The smallest absolute Gasteiger partial charge is 0.263 e. The SMILES string of the molecule is Cc1ccc(C)c(NS(=O)(=O)c2cc(CO)sc2C)c1. The Kier molecular flexibility index (Phi) is 4.17. The van der Waals surface area contributed by atoms with Gasteiger partial charge in [-0.3, -0.25) is 4.72 Å². The molecule has 6 heteroatoms. The van der Waals surface area contributed by atoms with Gasteiger partial charge in [-0.2, -0.15) is 0 Å². The lowest BCUT2D eigenvalue weighted by atomic mass is 10.1. The largest absolute Gasteiger partial charge is 0.391 e. The molecule has 0 spiro atoms. The van der Waals surface area contributed by atoms with Crippen molar-refractivity contribution in [1.29, 1.82) is 0 Å². The lowest BCUT2D eigenvalue weighted by molar-refractivity contribution is 0.285. The zero-order valence-corrected chi connectivity index (χ0v) is 13.2. The van der Waals surface area contributed by atoms with Crippen LogP contribution in [0.3, 0.4) is 0 Å². The molecule has 0 aliphatic rings. The number of sulfonamides is 1. The third-order valence-electron chi connectivity index (χ3n) is 3.01. The minimum atomic E-state index is -3.62. The average Bonchev–Trinajstić information content (AvgIpc) is 2.76. The molecule has 2 rings (SSSR count). The Morgan fingerprint density at radius 1 is 1.20 bits per heavy atom. The van der Waals surface area contributed by atoms with Gasteiger partial charge in [0.2, 0.25) is 0 Å². The van der Waals surface area contributed by atoms with Crippen LogP contribution in [-0.4, -0.2) is 13.5 Å². The van der Waals surface area contributed by atoms with Crippen LogP contribution < -0.4 is 4.72 Å². The summed E-state index contributed by atoms with van der Waals surface area (Å²) >= 11 is 1.29. The lowest BCUT2D eigenvalue weighted by Gasteiger charge is -2.11. The Labute approximate surface area is 123 Å². The number of rotatable bonds is 4. The molecule has 20 heavy (non-hydrogen) atoms. The minimum Gasteiger partial charge on any atom is -0.391 e. The predicted molar refractivity (Wildman–Crippen MR) is 81.7 cm³/mol. The summed E-state index contributed by atoms with van der Waals surface area (Å²) in [7, 11) is -3.62. The molecule has 108 valence electrons. The minimum absolute atomic E-state index is 0.148. The average molecular weight is 311 g/mol. The van der Waals surface area contributed by atoms with Crippen LogP contribution in [0.4, 0.5) is 5.69 Å². The fourth-order valence-electron chi connectivity index (χ4n) is 1.91. The van der Waals surface area contributed by atoms with Crippen molar-refractivity contribution in [2.24, 2.45) is 0 Å². The summed E-state index contributed by atoms with van der Waals surface area (Å²) in [6.07, 6.45) is 0. The third-order valence-corrected chi connectivity index (χ3v) is 5.66. The first-order chi connectivity index (χ1) is 9.33. The number of anilines is 1. The van der Waals surface area contributed by atoms with Crippen molar-refractivity contribution in [2.75, 3.05) is 4.72 Å². The van der Waals surface area contributed by atoms with Crippen LogP contribution in [0.5, 0.6) is 0 Å². The summed E-state index contributed by atoms with van der Waals surface area (Å²) in [4.78, 5) is 1.54. The van der Waals surface area contributed by atoms with E-state index >= 15 is 0 Å². The number of nitrogens with one attached hydrogen (secondary N) is 1. The topological polar surface area (TPSA) is 66.4 Å². The molecule has 0 aliphatic heterocycles. The first kappa shape index (κ1) is 15.0. The number of benzene rings is 1. The molecule has 0 saturated heterocycles. The first-order valence-electron chi connectivity index (χ1n) is 6.13. The molecule has 0 saturated carbocycles. The van der Waals surface area contributed by atoms with E-state index in [0.717, 1.165) is 11.1 Å². The maximum Gasteiger partial charge on any atom is 0.263 e. The predicted octanol–water partition coefficient (Wildman–Crippen LogP) is 2.97. The highest BCUT2D eigenvalue weighted by atomic mass is 32.2. The van der Waals surface area contributed by atoms with Crippen molar-refractivity contribution < 1.29 is 13.5 Å². The molecule has 2 aromatic rings. The number of aryl methyl sites for hydroxylation is 3. The fourth-order valence-corrected chi connectivity index (χ4v) is 4.53. The van der Waals surface area contributed by atoms with Crippen molar-refractivity contribution in [1.82, 2.24) is 0 Å². The molecular formula is C14H17NO3S2. The van der Waals surface area contributed by atoms with Gasteiger partial charge in [-0.1, -0.05) is 12.1 Å². The monoisotopic (exact) mass is 311 g/mol. The van der Waals surface area contributed by atoms with E-state index in [1.54, 1.807) is 6.92 Å². The molecular weight excluding hydrogens is 294 g/mol. The van der Waals surface area contributed by atoms with Gasteiger partial charge in [0.15, 0.2) is 0 Å². The highest BCUT2D eigenvalue weighted by Gasteiger charge is 2.20. The van der Waals surface area contributed by atoms with Gasteiger partial charge in [0, 0.05) is 9.75 Å². The van der Waals surface area contributed by atoms with Gasteiger partial charge in [-0.25, -0.2) is 8.42 Å². The van der Waals surface area contributed by atoms with E-state index in [1.165, 1.54) is 17.4 Å². The van der Waals surface area contributed by atoms with Crippen molar-refractivity contribution >= 4 is 27.0 Å². The summed E-state index contributed by atoms with van der Waals surface area (Å²) in [5, 5.41) is 9.11. The number of thiophene rings is 1. The van der Waals surface area contributed by atoms with Crippen LogP contribution >= 0.6 is 11.3 Å². The van der Waals surface area contributed by atoms with Crippen molar-refractivity contribution in [2.45, 2.75) is 32.3 Å². The molecule has 1 aromatic carbocycles. The zero-order valence-electron chi connectivity index (χ0n) is 11.6. The first-order valence-corrected chi connectivity index (χ1v) is 8.43. The molecule has 0 fully saturated rings. The Bertz CT molecular complexity index is 733. The Morgan fingerprint density at radius 2 is 1.90 bits per heavy atom. The van der Waals surface area contributed by atoms with E-state index in [-0.39, 0.29) is 11.5 Å². The van der Waals surface area contributed by atoms with Crippen LogP contribution in [0.25, 0.3) is 0 Å². The van der Waals surface area contributed by atoms with Crippen molar-refractivity contribution in [3.8, 4) is 0 Å². The second-order valence-electron chi connectivity index (χ2n) is 4.72. The normalized spacial score (nSPS) is 11.6. The third kappa shape index (κ3) is 3.03. The summed E-state index contributed by atoms with van der Waals surface area (Å²) in [6.45, 7) is 5.36. The zero-order chi connectivity index (χ0) is 14.9. The Hall–Kier alpha value is -1.37. The Morgan fingerprint density at radius 3 is 2.50 bits per heavy atom. The van der Waals surface area contributed by atoms with Gasteiger partial charge in [0.05, 0.1) is 12.3 Å². The van der Waals surface area contributed by atoms with Gasteiger partial charge in [0.25, 0.3) is 10.0 Å². The summed E-state index contributed by atoms with van der Waals surface area (Å²) in [6, 6.07) is 7.15. The molecule has 0 unspecified atom stereocenters. The molecule has 0 bridgehead atoms. The van der Waals surface area contributed by atoms with E-state index in [0.29, 0.717) is 15.4 Å². The van der Waals surface area contributed by atoms with E-state index in [9.17, 15) is 8.42 Å². The highest BCUT2D eigenvalue weighted by molar-refractivity contribution is 7.93. The van der Waals surface area contributed by atoms with E-state index in [4.69, 9.17) is 5.11 Å². The van der Waals surface area contributed by atoms with Crippen LogP contribution in [0.15, 0.2) is 29.2 Å². The molecule has 0 aliphatic carbocycles. The van der Waals surface area contributed by atoms with E-state index < -0.39 is 10.0 Å². The van der Waals surface area contributed by atoms with Crippen molar-refractivity contribution in [3.63, 3.8) is 0 Å². The number of aliphatic hydroxyl groups excluding tert-OH is 1. The maximum atomic E-state index is 12.4. The number of hydrogen-bond donors (Lipinski definition) is 2. The molecule has 1 heterocycles. The van der Waals surface area contributed by atoms with Crippen molar-refractivity contribution in [3.05, 3.63) is 45.1 Å². The standard InChI is InChI=1S/C14H17NO3S2/c1-9-4-5-10(2)13(6-9)15-20(17,18)14-7-12(8-16)19-11(14)3/h4-7,15-16H,8H2,1-3H3. The van der Waals surface area contributed by atoms with Crippen LogP contribution in [-0.2, 0) is 16.6 Å². The molecule has 1 aromatic heterocycles. The van der Waals surface area contributed by atoms with Gasteiger partial charge in [-0.15, -0.1) is 11.3 Å². The number of aliphatic hydroxyl groups is 1. The van der Waals surface area contributed by atoms with Gasteiger partial charge >= 0.3 is 0 Å². The van der Waals surface area contributed by atoms with Crippen LogP contribution in [0, 0.1) is 20.8 Å². The maximum absolute atomic E-state index is 12.4. The van der Waals surface area contributed by atoms with E-state index in [2.05, 4.69) is 4.72 Å². The van der Waals surface area contributed by atoms with Gasteiger partial charge in [-0.05, 0) is 44.0 Å². The van der Waals surface area contributed by atoms with Gasteiger partial charge < -0.3 is 5.11 Å². The molecule has 0 amide bonds. The number of hydrogen-bond acceptors (Lipinski definition) is 4. The molecule has 2 N–H and O–H groups in total. The van der Waals surface area contributed by atoms with Crippen LogP contribution in [0.2, 0.25) is 0 Å². The summed E-state index contributed by atoms with van der Waals surface area (Å²) < 4.78 is 27.5. The lowest BCUT2D eigenvalue weighted by Crippen LogP contribution is -2.14. The molecule has 0 radical (unpaired) electrons. The quantitative estimate of drug-likeness (QED) is 0.912. The Balaban J connectivity index is 2.40. The second kappa shape index (κ2) is 5.55. The molecule has 0 atom stereocenters. The second-order valence-corrected chi connectivity index (χ2v) is 7.71. The van der Waals surface area contributed by atoms with Crippen LogP contribution in [0.1, 0.15) is 20.9 Å². The summed E-state index contributed by atoms with van der Waals surface area (Å²) in [5.74, 6) is 0. The summed E-state index contributed by atoms with van der Waals surface area (Å²) in [5.41, 5.74) is 2.45.